The van der Waals surface area contributed by atoms with Gasteiger partial charge in [-0.2, -0.15) is 5.10 Å². The van der Waals surface area contributed by atoms with Crippen LogP contribution in [0.25, 0.3) is 0 Å². The first kappa shape index (κ1) is 13.9. The van der Waals surface area contributed by atoms with Crippen molar-refractivity contribution in [2.24, 2.45) is 7.05 Å². The molecular formula is C14H22N4S. The van der Waals surface area contributed by atoms with E-state index in [4.69, 9.17) is 5.73 Å². The van der Waals surface area contributed by atoms with Crippen molar-refractivity contribution >= 4 is 22.8 Å². The summed E-state index contributed by atoms with van der Waals surface area (Å²) >= 11 is 1.78. The molecule has 0 amide bonds. The van der Waals surface area contributed by atoms with E-state index in [9.17, 15) is 0 Å². The first-order valence-corrected chi connectivity index (χ1v) is 7.66. The monoisotopic (exact) mass is 278 g/mol. The van der Waals surface area contributed by atoms with E-state index in [0.29, 0.717) is 6.04 Å². The van der Waals surface area contributed by atoms with Crippen LogP contribution in [0.1, 0.15) is 43.3 Å². The predicted octanol–water partition coefficient (Wildman–Crippen LogP) is 3.58. The normalized spacial score (nSPS) is 12.6. The molecule has 0 radical (unpaired) electrons. The van der Waals surface area contributed by atoms with Crippen molar-refractivity contribution in [3.63, 3.8) is 0 Å². The molecule has 2 rings (SSSR count). The predicted molar refractivity (Wildman–Crippen MR) is 82.6 cm³/mol. The van der Waals surface area contributed by atoms with Gasteiger partial charge in [0.25, 0.3) is 0 Å². The van der Waals surface area contributed by atoms with E-state index in [1.165, 1.54) is 4.88 Å². The van der Waals surface area contributed by atoms with E-state index in [-0.39, 0.29) is 0 Å². The van der Waals surface area contributed by atoms with Gasteiger partial charge in [0.1, 0.15) is 5.82 Å². The van der Waals surface area contributed by atoms with Crippen LogP contribution in [0.3, 0.4) is 0 Å². The van der Waals surface area contributed by atoms with Crippen LogP contribution >= 0.6 is 11.3 Å². The summed E-state index contributed by atoms with van der Waals surface area (Å²) in [4.78, 5) is 1.35. The Labute approximate surface area is 118 Å². The number of anilines is 2. The number of hydrogen-bond acceptors (Lipinski definition) is 4. The van der Waals surface area contributed by atoms with Crippen LogP contribution in [-0.2, 0) is 13.5 Å². The lowest BCUT2D eigenvalue weighted by Gasteiger charge is -2.18. The number of nitrogen functional groups attached to an aromatic ring is 1. The summed E-state index contributed by atoms with van der Waals surface area (Å²) in [6.45, 7) is 4.28. The maximum absolute atomic E-state index is 6.17. The molecule has 0 saturated carbocycles. The van der Waals surface area contributed by atoms with Crippen LogP contribution in [0.5, 0.6) is 0 Å². The highest BCUT2D eigenvalue weighted by molar-refractivity contribution is 7.10. The van der Waals surface area contributed by atoms with Crippen LogP contribution in [-0.4, -0.2) is 9.78 Å². The van der Waals surface area contributed by atoms with Crippen molar-refractivity contribution in [1.29, 1.82) is 0 Å². The molecule has 4 nitrogen and oxygen atoms in total. The van der Waals surface area contributed by atoms with Gasteiger partial charge in [0.2, 0.25) is 0 Å². The van der Waals surface area contributed by atoms with Gasteiger partial charge in [0, 0.05) is 11.9 Å². The highest BCUT2D eigenvalue weighted by Crippen LogP contribution is 2.31. The molecule has 2 heterocycles. The molecule has 0 spiro atoms. The van der Waals surface area contributed by atoms with Gasteiger partial charge < -0.3 is 11.1 Å². The minimum Gasteiger partial charge on any atom is -0.394 e. The third-order valence-corrected chi connectivity index (χ3v) is 4.26. The summed E-state index contributed by atoms with van der Waals surface area (Å²) in [5, 5.41) is 10.1. The zero-order chi connectivity index (χ0) is 13.8. The Bertz CT molecular complexity index is 516. The molecule has 1 unspecified atom stereocenters. The van der Waals surface area contributed by atoms with Crippen LogP contribution < -0.4 is 11.1 Å². The summed E-state index contributed by atoms with van der Waals surface area (Å²) in [6, 6.07) is 4.58. The maximum Gasteiger partial charge on any atom is 0.148 e. The summed E-state index contributed by atoms with van der Waals surface area (Å²) in [7, 11) is 1.94. The molecule has 19 heavy (non-hydrogen) atoms. The fraction of sp³-hybridized carbons (Fsp3) is 0.500. The molecule has 0 aliphatic rings. The Morgan fingerprint density at radius 1 is 1.47 bits per heavy atom. The molecule has 0 aliphatic carbocycles. The summed E-state index contributed by atoms with van der Waals surface area (Å²) in [5.41, 5.74) is 7.91. The quantitative estimate of drug-likeness (QED) is 0.849. The van der Waals surface area contributed by atoms with Gasteiger partial charge in [-0.05, 0) is 24.3 Å². The molecule has 0 saturated heterocycles. The molecule has 0 bridgehead atoms. The van der Waals surface area contributed by atoms with E-state index in [1.54, 1.807) is 11.3 Å². The molecule has 0 fully saturated rings. The second-order valence-corrected chi connectivity index (χ2v) is 5.67. The number of rotatable bonds is 6. The SMILES string of the molecule is CCCC(Nc1c(N)c(CC)nn1C)c1cccs1. The van der Waals surface area contributed by atoms with E-state index >= 15 is 0 Å². The maximum atomic E-state index is 6.17. The fourth-order valence-electron chi connectivity index (χ4n) is 2.26. The third-order valence-electron chi connectivity index (χ3n) is 3.27. The van der Waals surface area contributed by atoms with Gasteiger partial charge >= 0.3 is 0 Å². The highest BCUT2D eigenvalue weighted by Gasteiger charge is 2.17. The van der Waals surface area contributed by atoms with Crippen molar-refractivity contribution < 1.29 is 0 Å². The molecule has 2 aromatic heterocycles. The summed E-state index contributed by atoms with van der Waals surface area (Å²) < 4.78 is 1.85. The van der Waals surface area contributed by atoms with Crippen LogP contribution in [0.4, 0.5) is 11.5 Å². The van der Waals surface area contributed by atoms with Gasteiger partial charge in [-0.1, -0.05) is 26.3 Å². The Hall–Kier alpha value is -1.49. The average Bonchev–Trinajstić information content (AvgIpc) is 3.01. The van der Waals surface area contributed by atoms with Gasteiger partial charge in [-0.15, -0.1) is 11.3 Å². The Balaban J connectivity index is 2.24. The third kappa shape index (κ3) is 2.92. The number of thiophene rings is 1. The fourth-order valence-corrected chi connectivity index (χ4v) is 3.07. The van der Waals surface area contributed by atoms with Crippen LogP contribution in [0.15, 0.2) is 17.5 Å². The standard InChI is InChI=1S/C14H22N4S/c1-4-7-11(12-8-6-9-19-12)16-14-13(15)10(5-2)17-18(14)3/h6,8-9,11,16H,4-5,7,15H2,1-3H3. The molecular weight excluding hydrogens is 256 g/mol. The Kier molecular flexibility index (Phi) is 4.47. The Morgan fingerprint density at radius 3 is 2.79 bits per heavy atom. The number of nitrogens with two attached hydrogens (primary N) is 1. The second kappa shape index (κ2) is 6.10. The smallest absolute Gasteiger partial charge is 0.148 e. The number of nitrogens with zero attached hydrogens (tertiary/aromatic N) is 2. The molecule has 5 heteroatoms. The van der Waals surface area contributed by atoms with Crippen LogP contribution in [0.2, 0.25) is 0 Å². The Morgan fingerprint density at radius 2 is 2.26 bits per heavy atom. The first-order valence-electron chi connectivity index (χ1n) is 6.78. The number of nitrogens with one attached hydrogen (secondary N) is 1. The van der Waals surface area contributed by atoms with Crippen molar-refractivity contribution in [1.82, 2.24) is 9.78 Å². The van der Waals surface area contributed by atoms with Crippen molar-refractivity contribution in [2.45, 2.75) is 39.2 Å². The van der Waals surface area contributed by atoms with Crippen molar-refractivity contribution in [3.8, 4) is 0 Å². The summed E-state index contributed by atoms with van der Waals surface area (Å²) in [6.07, 6.45) is 3.08. The lowest BCUT2D eigenvalue weighted by molar-refractivity contribution is 0.667. The topological polar surface area (TPSA) is 55.9 Å². The van der Waals surface area contributed by atoms with Crippen molar-refractivity contribution in [3.05, 3.63) is 28.1 Å². The van der Waals surface area contributed by atoms with Crippen LogP contribution in [0, 0.1) is 0 Å². The van der Waals surface area contributed by atoms with E-state index in [0.717, 1.165) is 36.5 Å². The lowest BCUT2D eigenvalue weighted by Crippen LogP contribution is -2.13. The molecule has 0 aliphatic heterocycles. The number of aryl methyl sites for hydroxylation is 2. The van der Waals surface area contributed by atoms with Crippen molar-refractivity contribution in [2.75, 3.05) is 11.1 Å². The lowest BCUT2D eigenvalue weighted by atomic mass is 10.1. The van der Waals surface area contributed by atoms with Gasteiger partial charge in [-0.3, -0.25) is 4.68 Å². The molecule has 1 atom stereocenters. The molecule has 0 aromatic carbocycles. The highest BCUT2D eigenvalue weighted by atomic mass is 32.1. The molecule has 2 aromatic rings. The second-order valence-electron chi connectivity index (χ2n) is 4.69. The minimum atomic E-state index is 0.312. The minimum absolute atomic E-state index is 0.312. The van der Waals surface area contributed by atoms with Gasteiger partial charge in [0.15, 0.2) is 0 Å². The zero-order valence-electron chi connectivity index (χ0n) is 11.8. The van der Waals surface area contributed by atoms with Gasteiger partial charge in [-0.25, -0.2) is 0 Å². The number of hydrogen-bond donors (Lipinski definition) is 2. The number of aromatic nitrogens is 2. The van der Waals surface area contributed by atoms with E-state index in [1.807, 2.05) is 11.7 Å². The molecule has 3 N–H and O–H groups in total. The first-order chi connectivity index (χ1) is 9.17. The van der Waals surface area contributed by atoms with E-state index < -0.39 is 0 Å². The largest absolute Gasteiger partial charge is 0.394 e. The zero-order valence-corrected chi connectivity index (χ0v) is 12.6. The van der Waals surface area contributed by atoms with Gasteiger partial charge in [0.05, 0.1) is 17.4 Å². The van der Waals surface area contributed by atoms with E-state index in [2.05, 4.69) is 41.8 Å². The molecule has 104 valence electrons. The average molecular weight is 278 g/mol. The summed E-state index contributed by atoms with van der Waals surface area (Å²) in [5.74, 6) is 0.934.